The number of hydrogen-bond acceptors (Lipinski definition) is 2. The molecule has 3 heteroatoms. The van der Waals surface area contributed by atoms with E-state index >= 15 is 0 Å². The van der Waals surface area contributed by atoms with Crippen LogP contribution in [0.4, 0.5) is 4.39 Å². The molecule has 2 aromatic carbocycles. The first kappa shape index (κ1) is 13.2. The molecule has 0 aliphatic heterocycles. The molecule has 1 heterocycles. The first-order valence-electron chi connectivity index (χ1n) is 6.56. The molecule has 0 atom stereocenters. The molecule has 0 aliphatic carbocycles. The number of rotatable bonds is 3. The van der Waals surface area contributed by atoms with Gasteiger partial charge in [0.2, 0.25) is 0 Å². The number of pyridine rings is 1. The molecule has 2 nitrogen and oxygen atoms in total. The van der Waals surface area contributed by atoms with Crippen molar-refractivity contribution < 1.29 is 9.18 Å². The van der Waals surface area contributed by atoms with Gasteiger partial charge in [-0.05, 0) is 48.0 Å². The lowest BCUT2D eigenvalue weighted by Gasteiger charge is -2.01. The molecule has 3 aromatic rings. The second-order valence-corrected chi connectivity index (χ2v) is 4.62. The molecule has 0 fully saturated rings. The Labute approximate surface area is 121 Å². The van der Waals surface area contributed by atoms with Gasteiger partial charge in [-0.2, -0.15) is 0 Å². The summed E-state index contributed by atoms with van der Waals surface area (Å²) in [7, 11) is 0. The highest BCUT2D eigenvalue weighted by atomic mass is 19.1. The van der Waals surface area contributed by atoms with E-state index in [2.05, 4.69) is 4.98 Å². The van der Waals surface area contributed by atoms with Gasteiger partial charge in [0, 0.05) is 17.1 Å². The fourth-order valence-corrected chi connectivity index (χ4v) is 2.14. The van der Waals surface area contributed by atoms with E-state index in [9.17, 15) is 9.18 Å². The molecule has 3 rings (SSSR count). The molecule has 102 valence electrons. The van der Waals surface area contributed by atoms with Crippen molar-refractivity contribution in [1.29, 1.82) is 0 Å². The van der Waals surface area contributed by atoms with Crippen molar-refractivity contribution in [2.45, 2.75) is 0 Å². The van der Waals surface area contributed by atoms with Gasteiger partial charge < -0.3 is 0 Å². The Hall–Kier alpha value is -2.81. The number of carbonyl (C=O) groups excluding carboxylic acids is 1. The summed E-state index contributed by atoms with van der Waals surface area (Å²) in [6.07, 6.45) is 4.97. The molecule has 21 heavy (non-hydrogen) atoms. The topological polar surface area (TPSA) is 30.0 Å². The van der Waals surface area contributed by atoms with Crippen LogP contribution in [0.15, 0.2) is 66.9 Å². The zero-order valence-electron chi connectivity index (χ0n) is 11.2. The first-order chi connectivity index (χ1) is 10.2. The summed E-state index contributed by atoms with van der Waals surface area (Å²) < 4.78 is 12.8. The summed E-state index contributed by atoms with van der Waals surface area (Å²) in [5.41, 5.74) is 2.27. The smallest absolute Gasteiger partial charge is 0.185 e. The molecule has 0 aliphatic rings. The van der Waals surface area contributed by atoms with Crippen LogP contribution in [-0.4, -0.2) is 10.8 Å². The summed E-state index contributed by atoms with van der Waals surface area (Å²) in [6.45, 7) is 0. The van der Waals surface area contributed by atoms with Gasteiger partial charge in [0.25, 0.3) is 0 Å². The van der Waals surface area contributed by atoms with Gasteiger partial charge in [-0.3, -0.25) is 9.78 Å². The SMILES string of the molecule is O=C(/C=C/c1ccnc2ccccc12)c1ccc(F)cc1. The lowest BCUT2D eigenvalue weighted by atomic mass is 10.1. The number of fused-ring (bicyclic) bond motifs is 1. The predicted molar refractivity (Wildman–Crippen MR) is 81.5 cm³/mol. The molecule has 0 bridgehead atoms. The van der Waals surface area contributed by atoms with Crippen molar-refractivity contribution in [3.63, 3.8) is 0 Å². The number of hydrogen-bond donors (Lipinski definition) is 0. The maximum absolute atomic E-state index is 12.8. The summed E-state index contributed by atoms with van der Waals surface area (Å²) in [5.74, 6) is -0.508. The number of carbonyl (C=O) groups is 1. The Bertz CT molecular complexity index is 817. The molecule has 0 saturated heterocycles. The number of ketones is 1. The number of halogens is 1. The Balaban J connectivity index is 1.91. The van der Waals surface area contributed by atoms with Crippen LogP contribution in [0, 0.1) is 5.82 Å². The maximum atomic E-state index is 12.8. The standard InChI is InChI=1S/C18H12FNO/c19-15-8-5-14(6-9-15)18(21)10-7-13-11-12-20-17-4-2-1-3-16(13)17/h1-12H/b10-7+. The largest absolute Gasteiger partial charge is 0.289 e. The van der Waals surface area contributed by atoms with E-state index in [4.69, 9.17) is 0 Å². The lowest BCUT2D eigenvalue weighted by molar-refractivity contribution is 0.104. The Morgan fingerprint density at radius 2 is 1.76 bits per heavy atom. The van der Waals surface area contributed by atoms with Gasteiger partial charge >= 0.3 is 0 Å². The second kappa shape index (κ2) is 5.67. The molecule has 1 aromatic heterocycles. The van der Waals surface area contributed by atoms with Gasteiger partial charge in [-0.15, -0.1) is 0 Å². The van der Waals surface area contributed by atoms with Crippen molar-refractivity contribution in [2.24, 2.45) is 0 Å². The van der Waals surface area contributed by atoms with Crippen LogP contribution in [0.3, 0.4) is 0 Å². The van der Waals surface area contributed by atoms with E-state index in [1.54, 1.807) is 12.3 Å². The zero-order chi connectivity index (χ0) is 14.7. The highest BCUT2D eigenvalue weighted by Gasteiger charge is 2.03. The lowest BCUT2D eigenvalue weighted by Crippen LogP contribution is -1.94. The van der Waals surface area contributed by atoms with Crippen LogP contribution in [0.1, 0.15) is 15.9 Å². The van der Waals surface area contributed by atoms with Crippen LogP contribution >= 0.6 is 0 Å². The fraction of sp³-hybridized carbons (Fsp3) is 0. The van der Waals surface area contributed by atoms with Crippen LogP contribution in [0.2, 0.25) is 0 Å². The van der Waals surface area contributed by atoms with Crippen molar-refractivity contribution in [3.8, 4) is 0 Å². The van der Waals surface area contributed by atoms with Crippen molar-refractivity contribution in [1.82, 2.24) is 4.98 Å². The Morgan fingerprint density at radius 1 is 1.00 bits per heavy atom. The Kier molecular flexibility index (Phi) is 3.56. The third kappa shape index (κ3) is 2.87. The van der Waals surface area contributed by atoms with E-state index in [1.807, 2.05) is 30.3 Å². The van der Waals surface area contributed by atoms with Gasteiger partial charge in [-0.25, -0.2) is 4.39 Å². The molecule has 0 N–H and O–H groups in total. The maximum Gasteiger partial charge on any atom is 0.185 e. The fourth-order valence-electron chi connectivity index (χ4n) is 2.14. The quantitative estimate of drug-likeness (QED) is 0.528. The second-order valence-electron chi connectivity index (χ2n) is 4.62. The third-order valence-corrected chi connectivity index (χ3v) is 3.23. The number of nitrogens with zero attached hydrogens (tertiary/aromatic N) is 1. The van der Waals surface area contributed by atoms with E-state index in [0.29, 0.717) is 5.56 Å². The first-order valence-corrected chi connectivity index (χ1v) is 6.56. The molecular weight excluding hydrogens is 265 g/mol. The van der Waals surface area contributed by atoms with Crippen LogP contribution in [0.25, 0.3) is 17.0 Å². The summed E-state index contributed by atoms with van der Waals surface area (Å²) in [5, 5.41) is 0.989. The van der Waals surface area contributed by atoms with Crippen LogP contribution in [0.5, 0.6) is 0 Å². The molecule has 0 amide bonds. The molecule has 0 radical (unpaired) electrons. The van der Waals surface area contributed by atoms with Gasteiger partial charge in [0.05, 0.1) is 5.52 Å². The average molecular weight is 277 g/mol. The zero-order valence-corrected chi connectivity index (χ0v) is 11.2. The molecular formula is C18H12FNO. The van der Waals surface area contributed by atoms with E-state index < -0.39 is 0 Å². The molecule has 0 saturated carbocycles. The predicted octanol–water partition coefficient (Wildman–Crippen LogP) is 4.27. The van der Waals surface area contributed by atoms with Crippen molar-refractivity contribution in [2.75, 3.05) is 0 Å². The number of allylic oxidation sites excluding steroid dienone is 1. The van der Waals surface area contributed by atoms with E-state index in [-0.39, 0.29) is 11.6 Å². The monoisotopic (exact) mass is 277 g/mol. The van der Waals surface area contributed by atoms with Crippen LogP contribution < -0.4 is 0 Å². The van der Waals surface area contributed by atoms with Gasteiger partial charge in [0.15, 0.2) is 5.78 Å². The molecule has 0 spiro atoms. The minimum Gasteiger partial charge on any atom is -0.289 e. The van der Waals surface area contributed by atoms with Crippen molar-refractivity contribution in [3.05, 3.63) is 83.8 Å². The minimum absolute atomic E-state index is 0.157. The summed E-state index contributed by atoms with van der Waals surface area (Å²) in [4.78, 5) is 16.3. The van der Waals surface area contributed by atoms with Gasteiger partial charge in [0.1, 0.15) is 5.82 Å². The Morgan fingerprint density at radius 3 is 2.57 bits per heavy atom. The highest BCUT2D eigenvalue weighted by molar-refractivity contribution is 6.07. The number of para-hydroxylation sites is 1. The molecule has 0 unspecified atom stereocenters. The van der Waals surface area contributed by atoms with Crippen molar-refractivity contribution >= 4 is 22.8 Å². The summed E-state index contributed by atoms with van der Waals surface area (Å²) in [6, 6.07) is 15.1. The van der Waals surface area contributed by atoms with Crippen LogP contribution in [-0.2, 0) is 0 Å². The normalized spacial score (nSPS) is 11.1. The average Bonchev–Trinajstić information content (AvgIpc) is 2.53. The third-order valence-electron chi connectivity index (χ3n) is 3.23. The number of benzene rings is 2. The summed E-state index contributed by atoms with van der Waals surface area (Å²) >= 11 is 0. The van der Waals surface area contributed by atoms with E-state index in [1.165, 1.54) is 30.3 Å². The number of aromatic nitrogens is 1. The van der Waals surface area contributed by atoms with Gasteiger partial charge in [-0.1, -0.05) is 24.3 Å². The minimum atomic E-state index is -0.351. The van der Waals surface area contributed by atoms with E-state index in [0.717, 1.165) is 16.5 Å². The highest BCUT2D eigenvalue weighted by Crippen LogP contribution is 2.17.